The summed E-state index contributed by atoms with van der Waals surface area (Å²) in [7, 11) is 0. The van der Waals surface area contributed by atoms with Gasteiger partial charge in [0.1, 0.15) is 30.1 Å². The molecular formula is C25H28N2O5. The van der Waals surface area contributed by atoms with E-state index in [1.165, 1.54) is 0 Å². The number of hydrogen-bond acceptors (Lipinski definition) is 5. The fourth-order valence-electron chi connectivity index (χ4n) is 4.82. The molecule has 0 saturated carbocycles. The van der Waals surface area contributed by atoms with Gasteiger partial charge < -0.3 is 24.4 Å². The first-order valence-corrected chi connectivity index (χ1v) is 11.2. The minimum absolute atomic E-state index is 0.0218. The first kappa shape index (κ1) is 20.8. The van der Waals surface area contributed by atoms with Crippen molar-refractivity contribution >= 4 is 17.5 Å². The first-order chi connectivity index (χ1) is 15.5. The summed E-state index contributed by atoms with van der Waals surface area (Å²) >= 11 is 0. The number of amides is 2. The van der Waals surface area contributed by atoms with Gasteiger partial charge in [0.2, 0.25) is 11.8 Å². The molecular weight excluding hydrogens is 408 g/mol. The van der Waals surface area contributed by atoms with Crippen LogP contribution in [-0.2, 0) is 26.2 Å². The Bertz CT molecular complexity index is 1070. The van der Waals surface area contributed by atoms with Gasteiger partial charge in [-0.1, -0.05) is 18.2 Å². The van der Waals surface area contributed by atoms with Crippen molar-refractivity contribution in [2.45, 2.75) is 38.2 Å². The average molecular weight is 437 g/mol. The number of carbonyl (C=O) groups is 2. The summed E-state index contributed by atoms with van der Waals surface area (Å²) in [5.74, 6) is 1.22. The summed E-state index contributed by atoms with van der Waals surface area (Å²) in [4.78, 5) is 28.1. The SMILES string of the molecule is CC(C)OCCCNC(=O)CN1C(=O)C2(COc3cc4c(cc32)CCO4)c2ccccc21. The van der Waals surface area contributed by atoms with Crippen LogP contribution in [0.5, 0.6) is 11.5 Å². The number of fused-ring (bicyclic) bond motifs is 5. The third-order valence-corrected chi connectivity index (χ3v) is 6.36. The minimum atomic E-state index is -0.922. The van der Waals surface area contributed by atoms with Gasteiger partial charge in [-0.2, -0.15) is 0 Å². The van der Waals surface area contributed by atoms with Crippen LogP contribution < -0.4 is 19.7 Å². The van der Waals surface area contributed by atoms with Crippen LogP contribution in [0.2, 0.25) is 0 Å². The maximum atomic E-state index is 13.9. The fourth-order valence-corrected chi connectivity index (χ4v) is 4.82. The van der Waals surface area contributed by atoms with Gasteiger partial charge in [-0.25, -0.2) is 0 Å². The third kappa shape index (κ3) is 3.32. The number of benzene rings is 2. The van der Waals surface area contributed by atoms with E-state index < -0.39 is 5.41 Å². The van der Waals surface area contributed by atoms with Crippen molar-refractivity contribution in [2.24, 2.45) is 0 Å². The molecule has 0 aromatic heterocycles. The molecule has 3 heterocycles. The van der Waals surface area contributed by atoms with Crippen LogP contribution in [0.25, 0.3) is 0 Å². The molecule has 0 aliphatic carbocycles. The molecule has 0 radical (unpaired) electrons. The Labute approximate surface area is 187 Å². The molecule has 0 bridgehead atoms. The Morgan fingerprint density at radius 2 is 2.03 bits per heavy atom. The highest BCUT2D eigenvalue weighted by Gasteiger charge is 2.57. The van der Waals surface area contributed by atoms with Crippen molar-refractivity contribution in [3.8, 4) is 11.5 Å². The molecule has 3 aliphatic rings. The predicted molar refractivity (Wildman–Crippen MR) is 119 cm³/mol. The normalized spacial score (nSPS) is 20.2. The van der Waals surface area contributed by atoms with Gasteiger partial charge in [-0.05, 0) is 43.5 Å². The number of nitrogens with one attached hydrogen (secondary N) is 1. The smallest absolute Gasteiger partial charge is 0.246 e. The van der Waals surface area contributed by atoms with Crippen molar-refractivity contribution in [3.63, 3.8) is 0 Å². The quantitative estimate of drug-likeness (QED) is 0.675. The molecule has 32 heavy (non-hydrogen) atoms. The van der Waals surface area contributed by atoms with Crippen LogP contribution >= 0.6 is 0 Å². The van der Waals surface area contributed by atoms with Gasteiger partial charge in [-0.15, -0.1) is 0 Å². The molecule has 2 aromatic rings. The topological polar surface area (TPSA) is 77.1 Å². The maximum Gasteiger partial charge on any atom is 0.246 e. The molecule has 7 heteroatoms. The summed E-state index contributed by atoms with van der Waals surface area (Å²) < 4.78 is 17.2. The Morgan fingerprint density at radius 3 is 2.88 bits per heavy atom. The number of anilines is 1. The molecule has 1 spiro atoms. The Morgan fingerprint density at radius 1 is 1.19 bits per heavy atom. The lowest BCUT2D eigenvalue weighted by Crippen LogP contribution is -2.46. The van der Waals surface area contributed by atoms with Crippen molar-refractivity contribution in [3.05, 3.63) is 53.1 Å². The summed E-state index contributed by atoms with van der Waals surface area (Å²) in [6.07, 6.45) is 1.72. The molecule has 0 saturated heterocycles. The Balaban J connectivity index is 1.38. The van der Waals surface area contributed by atoms with Crippen molar-refractivity contribution in [1.82, 2.24) is 5.32 Å². The van der Waals surface area contributed by atoms with Gasteiger partial charge in [0, 0.05) is 36.9 Å². The van der Waals surface area contributed by atoms with Crippen LogP contribution in [-0.4, -0.2) is 50.8 Å². The Kier molecular flexibility index (Phi) is 5.29. The van der Waals surface area contributed by atoms with E-state index in [2.05, 4.69) is 11.4 Å². The monoisotopic (exact) mass is 436 g/mol. The molecule has 3 aliphatic heterocycles. The van der Waals surface area contributed by atoms with Crippen molar-refractivity contribution in [2.75, 3.05) is 37.8 Å². The lowest BCUT2D eigenvalue weighted by Gasteiger charge is -2.23. The lowest BCUT2D eigenvalue weighted by molar-refractivity contribution is -0.125. The van der Waals surface area contributed by atoms with Crippen molar-refractivity contribution in [1.29, 1.82) is 0 Å². The molecule has 168 valence electrons. The highest BCUT2D eigenvalue weighted by atomic mass is 16.5. The second-order valence-corrected chi connectivity index (χ2v) is 8.78. The number of nitrogens with zero attached hydrogens (tertiary/aromatic N) is 1. The summed E-state index contributed by atoms with van der Waals surface area (Å²) in [5.41, 5.74) is 2.70. The highest BCUT2D eigenvalue weighted by Crippen LogP contribution is 2.53. The average Bonchev–Trinajstić information content (AvgIpc) is 3.45. The van der Waals surface area contributed by atoms with Gasteiger partial charge in [-0.3, -0.25) is 9.59 Å². The zero-order chi connectivity index (χ0) is 22.3. The number of rotatable bonds is 7. The number of hydrogen-bond donors (Lipinski definition) is 1. The van der Waals surface area contributed by atoms with E-state index in [-0.39, 0.29) is 31.1 Å². The third-order valence-electron chi connectivity index (χ3n) is 6.36. The first-order valence-electron chi connectivity index (χ1n) is 11.2. The fraction of sp³-hybridized carbons (Fsp3) is 0.440. The van der Waals surface area contributed by atoms with E-state index in [9.17, 15) is 9.59 Å². The summed E-state index contributed by atoms with van der Waals surface area (Å²) in [6.45, 7) is 5.92. The van der Waals surface area contributed by atoms with E-state index >= 15 is 0 Å². The van der Waals surface area contributed by atoms with Crippen LogP contribution in [0.3, 0.4) is 0 Å². The molecule has 2 aromatic carbocycles. The van der Waals surface area contributed by atoms with Crippen molar-refractivity contribution < 1.29 is 23.8 Å². The lowest BCUT2D eigenvalue weighted by atomic mass is 9.76. The van der Waals surface area contributed by atoms with E-state index in [0.29, 0.717) is 25.5 Å². The highest BCUT2D eigenvalue weighted by molar-refractivity contribution is 6.13. The minimum Gasteiger partial charge on any atom is -0.493 e. The molecule has 1 unspecified atom stereocenters. The molecule has 7 nitrogen and oxygen atoms in total. The number of carbonyl (C=O) groups excluding carboxylic acids is 2. The molecule has 1 N–H and O–H groups in total. The standard InChI is InChI=1S/C25H28N2O5/c1-16(2)30-10-5-9-26-23(28)14-27-20-7-4-3-6-18(20)25(24(27)29)15-32-22-13-21-17(8-11-31-21)12-19(22)25/h3-4,6-7,12-13,16H,5,8-11,14-15H2,1-2H3,(H,26,28). The second kappa shape index (κ2) is 8.13. The van der Waals surface area contributed by atoms with Gasteiger partial charge in [0.25, 0.3) is 0 Å². The molecule has 0 fully saturated rings. The summed E-state index contributed by atoms with van der Waals surface area (Å²) in [6, 6.07) is 11.7. The van der Waals surface area contributed by atoms with Gasteiger partial charge >= 0.3 is 0 Å². The van der Waals surface area contributed by atoms with E-state index in [1.54, 1.807) is 4.90 Å². The van der Waals surface area contributed by atoms with Crippen LogP contribution in [0.15, 0.2) is 36.4 Å². The van der Waals surface area contributed by atoms with Crippen LogP contribution in [0.4, 0.5) is 5.69 Å². The zero-order valence-electron chi connectivity index (χ0n) is 18.5. The van der Waals surface area contributed by atoms with Crippen LogP contribution in [0, 0.1) is 0 Å². The summed E-state index contributed by atoms with van der Waals surface area (Å²) in [5, 5.41) is 2.91. The second-order valence-electron chi connectivity index (χ2n) is 8.78. The van der Waals surface area contributed by atoms with E-state index in [4.69, 9.17) is 14.2 Å². The number of para-hydroxylation sites is 1. The van der Waals surface area contributed by atoms with Crippen LogP contribution in [0.1, 0.15) is 37.0 Å². The predicted octanol–water partition coefficient (Wildman–Crippen LogP) is 2.58. The Hall–Kier alpha value is -3.06. The van der Waals surface area contributed by atoms with Gasteiger partial charge in [0.15, 0.2) is 0 Å². The molecule has 1 atom stereocenters. The zero-order valence-corrected chi connectivity index (χ0v) is 18.5. The maximum absolute atomic E-state index is 13.9. The van der Waals surface area contributed by atoms with Gasteiger partial charge in [0.05, 0.1) is 12.7 Å². The molecule has 5 rings (SSSR count). The number of ether oxygens (including phenoxy) is 3. The van der Waals surface area contributed by atoms with E-state index in [0.717, 1.165) is 41.0 Å². The van der Waals surface area contributed by atoms with E-state index in [1.807, 2.05) is 44.2 Å². The largest absolute Gasteiger partial charge is 0.493 e. The molecule has 2 amide bonds.